The van der Waals surface area contributed by atoms with Crippen molar-refractivity contribution in [2.24, 2.45) is 0 Å². The van der Waals surface area contributed by atoms with E-state index in [1.54, 1.807) is 13.8 Å². The van der Waals surface area contributed by atoms with Crippen molar-refractivity contribution in [3.63, 3.8) is 0 Å². The van der Waals surface area contributed by atoms with Gasteiger partial charge < -0.3 is 30.3 Å². The first-order valence-corrected chi connectivity index (χ1v) is 10.9. The zero-order chi connectivity index (χ0) is 23.3. The van der Waals surface area contributed by atoms with E-state index in [1.165, 1.54) is 12.1 Å². The second-order valence-corrected chi connectivity index (χ2v) is 6.79. The SMILES string of the molecule is CC.CCO.CCOPCCNC(=O)c1cc(=O)c(O)c2c(O)c(O)c(C)cc2c1. The number of aryl methyl sites for hydroxylation is 1. The number of nitrogens with one attached hydrogen (secondary N) is 1. The predicted molar refractivity (Wildman–Crippen MR) is 121 cm³/mol. The number of fused-ring (bicyclic) bond motifs is 1. The summed E-state index contributed by atoms with van der Waals surface area (Å²) in [5.41, 5.74) is -0.415. The molecule has 0 spiro atoms. The van der Waals surface area contributed by atoms with Crippen LogP contribution < -0.4 is 10.7 Å². The van der Waals surface area contributed by atoms with Gasteiger partial charge in [0.1, 0.15) is 0 Å². The molecule has 2 aromatic rings. The highest BCUT2D eigenvalue weighted by Gasteiger charge is 2.16. The van der Waals surface area contributed by atoms with Gasteiger partial charge in [-0.1, -0.05) is 13.8 Å². The van der Waals surface area contributed by atoms with Gasteiger partial charge >= 0.3 is 0 Å². The van der Waals surface area contributed by atoms with Gasteiger partial charge in [0, 0.05) is 46.4 Å². The van der Waals surface area contributed by atoms with Gasteiger partial charge in [0.25, 0.3) is 5.91 Å². The Morgan fingerprint density at radius 3 is 2.23 bits per heavy atom. The first-order valence-electron chi connectivity index (χ1n) is 9.74. The van der Waals surface area contributed by atoms with Gasteiger partial charge in [0.05, 0.1) is 5.39 Å². The van der Waals surface area contributed by atoms with Crippen LogP contribution >= 0.6 is 8.81 Å². The molecule has 0 aliphatic rings. The topological polar surface area (TPSA) is 136 Å². The number of carbonyl (C=O) groups is 1. The lowest BCUT2D eigenvalue weighted by Crippen LogP contribution is -2.25. The largest absolute Gasteiger partial charge is 0.504 e. The maximum Gasteiger partial charge on any atom is 0.251 e. The molecule has 0 radical (unpaired) electrons. The van der Waals surface area contributed by atoms with Crippen molar-refractivity contribution in [1.82, 2.24) is 5.32 Å². The normalized spacial score (nSPS) is 10.2. The van der Waals surface area contributed by atoms with Crippen molar-refractivity contribution in [3.05, 3.63) is 39.5 Å². The van der Waals surface area contributed by atoms with Crippen LogP contribution in [-0.4, -0.2) is 52.3 Å². The first-order chi connectivity index (χ1) is 14.3. The standard InChI is InChI=1S/C17H20NO6P.C2H6O.C2H6/c1-3-24-25-5-4-18-17(23)11-7-10-6-9(2)14(20)16(22)13(10)15(21)12(19)8-11;1-2-3;1-2/h6-8,20,22,25H,3-5H2,1-2H3,(H,18,23)(H,19,21);3H,2H2,1H3;1-2H3. The zero-order valence-electron chi connectivity index (χ0n) is 18.1. The number of aliphatic hydroxyl groups is 1. The molecule has 0 saturated heterocycles. The molecule has 0 aromatic heterocycles. The molecule has 0 saturated carbocycles. The van der Waals surface area contributed by atoms with E-state index in [0.29, 0.717) is 24.9 Å². The Morgan fingerprint density at radius 2 is 1.67 bits per heavy atom. The first kappa shape index (κ1) is 27.6. The van der Waals surface area contributed by atoms with Gasteiger partial charge in [-0.25, -0.2) is 0 Å². The third kappa shape index (κ3) is 7.78. The lowest BCUT2D eigenvalue weighted by Gasteiger charge is -2.06. The lowest BCUT2D eigenvalue weighted by atomic mass is 10.1. The molecule has 0 bridgehead atoms. The van der Waals surface area contributed by atoms with E-state index in [2.05, 4.69) is 5.32 Å². The molecular formula is C21H32NO7P. The molecule has 1 atom stereocenters. The Labute approximate surface area is 178 Å². The molecule has 30 heavy (non-hydrogen) atoms. The summed E-state index contributed by atoms with van der Waals surface area (Å²) in [6, 6.07) is 3.88. The van der Waals surface area contributed by atoms with Crippen LogP contribution in [0.1, 0.15) is 43.6 Å². The van der Waals surface area contributed by atoms with Gasteiger partial charge in [0.2, 0.25) is 5.43 Å². The van der Waals surface area contributed by atoms with Gasteiger partial charge in [-0.15, -0.1) is 0 Å². The van der Waals surface area contributed by atoms with Gasteiger partial charge in [0.15, 0.2) is 17.2 Å². The predicted octanol–water partition coefficient (Wildman–Crippen LogP) is 3.01. The number of phenolic OH excluding ortho intramolecular Hbond substituents is 2. The van der Waals surface area contributed by atoms with Crippen molar-refractivity contribution in [3.8, 4) is 17.2 Å². The Kier molecular flexibility index (Phi) is 13.4. The van der Waals surface area contributed by atoms with E-state index in [4.69, 9.17) is 9.63 Å². The second kappa shape index (κ2) is 14.6. The number of aromatic hydroxyl groups is 3. The number of hydrogen-bond donors (Lipinski definition) is 5. The Hall–Kier alpha value is -2.41. The Morgan fingerprint density at radius 1 is 1.07 bits per heavy atom. The number of benzene rings is 1. The molecule has 0 aliphatic heterocycles. The molecular weight excluding hydrogens is 409 g/mol. The van der Waals surface area contributed by atoms with Gasteiger partial charge in [-0.3, -0.25) is 9.59 Å². The highest BCUT2D eigenvalue weighted by atomic mass is 31.1. The Bertz CT molecular complexity index is 887. The van der Waals surface area contributed by atoms with E-state index in [1.807, 2.05) is 20.8 Å². The maximum absolute atomic E-state index is 12.3. The maximum atomic E-state index is 12.3. The number of amides is 1. The quantitative estimate of drug-likeness (QED) is 0.264. The fraction of sp³-hybridized carbons (Fsp3) is 0.429. The number of rotatable bonds is 6. The minimum absolute atomic E-state index is 0.0551. The molecule has 5 N–H and O–H groups in total. The zero-order valence-corrected chi connectivity index (χ0v) is 19.1. The summed E-state index contributed by atoms with van der Waals surface area (Å²) >= 11 is 0. The second-order valence-electron chi connectivity index (χ2n) is 5.71. The number of aliphatic hydroxyl groups excluding tert-OH is 1. The highest BCUT2D eigenvalue weighted by Crippen LogP contribution is 2.39. The highest BCUT2D eigenvalue weighted by molar-refractivity contribution is 7.32. The molecule has 168 valence electrons. The van der Waals surface area contributed by atoms with Crippen molar-refractivity contribution in [2.45, 2.75) is 34.6 Å². The molecule has 2 rings (SSSR count). The van der Waals surface area contributed by atoms with E-state index >= 15 is 0 Å². The molecule has 1 amide bonds. The Balaban J connectivity index is 0.00000154. The molecule has 8 nitrogen and oxygen atoms in total. The summed E-state index contributed by atoms with van der Waals surface area (Å²) in [4.78, 5) is 24.4. The summed E-state index contributed by atoms with van der Waals surface area (Å²) in [6.45, 7) is 10.4. The van der Waals surface area contributed by atoms with Gasteiger partial charge in [-0.05, 0) is 43.9 Å². The molecule has 2 aromatic carbocycles. The number of carbonyl (C=O) groups excluding carboxylic acids is 1. The summed E-state index contributed by atoms with van der Waals surface area (Å²) in [7, 11) is 0.280. The van der Waals surface area contributed by atoms with E-state index in [9.17, 15) is 24.9 Å². The van der Waals surface area contributed by atoms with Crippen molar-refractivity contribution < 1.29 is 29.7 Å². The summed E-state index contributed by atoms with van der Waals surface area (Å²) in [6.07, 6.45) is 0.655. The van der Waals surface area contributed by atoms with Crippen LogP contribution in [0.3, 0.4) is 0 Å². The van der Waals surface area contributed by atoms with Crippen molar-refractivity contribution >= 4 is 25.5 Å². The van der Waals surface area contributed by atoms with E-state index in [-0.39, 0.29) is 31.8 Å². The fourth-order valence-electron chi connectivity index (χ4n) is 2.35. The minimum atomic E-state index is -0.824. The van der Waals surface area contributed by atoms with Crippen molar-refractivity contribution in [1.29, 1.82) is 0 Å². The van der Waals surface area contributed by atoms with Crippen LogP contribution in [0.5, 0.6) is 17.2 Å². The molecule has 9 heteroatoms. The van der Waals surface area contributed by atoms with Crippen LogP contribution in [0.25, 0.3) is 10.8 Å². The van der Waals surface area contributed by atoms with Gasteiger partial charge in [-0.2, -0.15) is 0 Å². The monoisotopic (exact) mass is 441 g/mol. The molecule has 0 fully saturated rings. The lowest BCUT2D eigenvalue weighted by molar-refractivity contribution is 0.0956. The van der Waals surface area contributed by atoms with Crippen molar-refractivity contribution in [2.75, 3.05) is 25.9 Å². The smallest absolute Gasteiger partial charge is 0.251 e. The van der Waals surface area contributed by atoms with Crippen LogP contribution in [0.2, 0.25) is 0 Å². The summed E-state index contributed by atoms with van der Waals surface area (Å²) in [5, 5.41) is 40.3. The van der Waals surface area contributed by atoms with Crippen LogP contribution in [-0.2, 0) is 4.52 Å². The third-order valence-corrected chi connectivity index (χ3v) is 4.53. The average molecular weight is 441 g/mol. The minimum Gasteiger partial charge on any atom is -0.504 e. The van der Waals surface area contributed by atoms with Crippen LogP contribution in [0.4, 0.5) is 0 Å². The summed E-state index contributed by atoms with van der Waals surface area (Å²) < 4.78 is 5.21. The molecule has 0 aliphatic carbocycles. The van der Waals surface area contributed by atoms with Crippen LogP contribution in [0.15, 0.2) is 23.0 Å². The van der Waals surface area contributed by atoms with E-state index < -0.39 is 28.6 Å². The van der Waals surface area contributed by atoms with E-state index in [0.717, 1.165) is 6.07 Å². The average Bonchev–Trinajstić information content (AvgIpc) is 2.84. The number of hydrogen-bond acceptors (Lipinski definition) is 7. The number of phenols is 2. The third-order valence-electron chi connectivity index (χ3n) is 3.58. The van der Waals surface area contributed by atoms with Crippen LogP contribution in [0, 0.1) is 6.92 Å². The summed E-state index contributed by atoms with van der Waals surface area (Å²) in [5.74, 6) is -2.21. The molecule has 0 heterocycles. The fourth-order valence-corrected chi connectivity index (χ4v) is 2.93. The molecule has 1 unspecified atom stereocenters.